The third-order valence-electron chi connectivity index (χ3n) is 3.05. The van der Waals surface area contributed by atoms with E-state index in [4.69, 9.17) is 0 Å². The van der Waals surface area contributed by atoms with Gasteiger partial charge in [-0.2, -0.15) is 5.10 Å². The number of carbonyl (C=O) groups excluding carboxylic acids is 1. The highest BCUT2D eigenvalue weighted by Gasteiger charge is 2.11. The molecule has 1 amide bonds. The maximum atomic E-state index is 11.9. The number of aryl methyl sites for hydroxylation is 1. The van der Waals surface area contributed by atoms with Gasteiger partial charge in [0.1, 0.15) is 4.88 Å². The molecule has 0 spiro atoms. The van der Waals surface area contributed by atoms with Crippen molar-refractivity contribution in [1.82, 2.24) is 15.0 Å². The van der Waals surface area contributed by atoms with Crippen molar-refractivity contribution in [3.8, 4) is 0 Å². The maximum absolute atomic E-state index is 11.9. The molecule has 1 N–H and O–H groups in total. The van der Waals surface area contributed by atoms with Crippen LogP contribution in [0.5, 0.6) is 0 Å². The number of hydrogen-bond acceptors (Lipinski definition) is 5. The van der Waals surface area contributed by atoms with Crippen molar-refractivity contribution in [2.45, 2.75) is 6.92 Å². The van der Waals surface area contributed by atoms with Crippen molar-refractivity contribution in [2.24, 2.45) is 5.10 Å². The average Bonchev–Trinajstić information content (AvgIpc) is 2.93. The number of aromatic nitrogens is 2. The van der Waals surface area contributed by atoms with E-state index in [0.717, 1.165) is 27.9 Å². The Hall–Kier alpha value is -2.60. The lowest BCUT2D eigenvalue weighted by molar-refractivity contribution is 0.0958. The molecule has 0 saturated heterocycles. The Morgan fingerprint density at radius 1 is 1.24 bits per heavy atom. The van der Waals surface area contributed by atoms with Gasteiger partial charge in [0.2, 0.25) is 0 Å². The fourth-order valence-electron chi connectivity index (χ4n) is 2.01. The van der Waals surface area contributed by atoms with Crippen LogP contribution < -0.4 is 5.43 Å². The van der Waals surface area contributed by atoms with Crippen LogP contribution in [0.2, 0.25) is 0 Å². The van der Waals surface area contributed by atoms with Crippen LogP contribution in [-0.4, -0.2) is 21.7 Å². The molecule has 1 heterocycles. The third-order valence-corrected chi connectivity index (χ3v) is 3.88. The third kappa shape index (κ3) is 2.80. The van der Waals surface area contributed by atoms with Crippen molar-refractivity contribution < 1.29 is 4.79 Å². The highest BCUT2D eigenvalue weighted by molar-refractivity contribution is 7.07. The minimum Gasteiger partial charge on any atom is -0.266 e. The first-order chi connectivity index (χ1) is 10.3. The van der Waals surface area contributed by atoms with E-state index >= 15 is 0 Å². The number of nitrogens with zero attached hydrogens (tertiary/aromatic N) is 3. The van der Waals surface area contributed by atoms with E-state index in [-0.39, 0.29) is 5.91 Å². The fourth-order valence-corrected chi connectivity index (χ4v) is 2.56. The Kier molecular flexibility index (Phi) is 3.70. The zero-order chi connectivity index (χ0) is 14.7. The predicted octanol–water partition coefficient (Wildman–Crippen LogP) is 2.76. The highest BCUT2D eigenvalue weighted by atomic mass is 32.1. The molecule has 6 heteroatoms. The first-order valence-electron chi connectivity index (χ1n) is 6.36. The molecule has 0 aliphatic heterocycles. The molecule has 0 bridgehead atoms. The smallest absolute Gasteiger partial charge is 0.266 e. The van der Waals surface area contributed by atoms with Crippen molar-refractivity contribution >= 4 is 34.4 Å². The van der Waals surface area contributed by atoms with Crippen LogP contribution >= 0.6 is 11.5 Å². The number of amides is 1. The summed E-state index contributed by atoms with van der Waals surface area (Å²) in [6, 6.07) is 14.0. The molecule has 3 aromatic rings. The summed E-state index contributed by atoms with van der Waals surface area (Å²) in [4.78, 5) is 12.4. The van der Waals surface area contributed by atoms with E-state index in [2.05, 4.69) is 20.1 Å². The van der Waals surface area contributed by atoms with Crippen LogP contribution in [0.15, 0.2) is 47.6 Å². The Balaban J connectivity index is 1.80. The largest absolute Gasteiger partial charge is 0.285 e. The summed E-state index contributed by atoms with van der Waals surface area (Å²) in [6.45, 7) is 1.74. The van der Waals surface area contributed by atoms with E-state index in [1.54, 1.807) is 13.1 Å². The van der Waals surface area contributed by atoms with E-state index in [1.165, 1.54) is 0 Å². The van der Waals surface area contributed by atoms with Crippen molar-refractivity contribution in [1.29, 1.82) is 0 Å². The van der Waals surface area contributed by atoms with Crippen LogP contribution in [0.4, 0.5) is 0 Å². The predicted molar refractivity (Wildman–Crippen MR) is 83.7 cm³/mol. The summed E-state index contributed by atoms with van der Waals surface area (Å²) in [5.74, 6) is -0.293. The van der Waals surface area contributed by atoms with Crippen LogP contribution in [0, 0.1) is 6.92 Å². The van der Waals surface area contributed by atoms with Crippen LogP contribution in [0.1, 0.15) is 20.9 Å². The monoisotopic (exact) mass is 296 g/mol. The summed E-state index contributed by atoms with van der Waals surface area (Å²) in [7, 11) is 0. The van der Waals surface area contributed by atoms with E-state index < -0.39 is 0 Å². The molecular formula is C15H12N4OS. The summed E-state index contributed by atoms with van der Waals surface area (Å²) in [5, 5.41) is 10.0. The van der Waals surface area contributed by atoms with Crippen molar-refractivity contribution in [3.05, 3.63) is 58.6 Å². The number of carbonyl (C=O) groups is 1. The highest BCUT2D eigenvalue weighted by Crippen LogP contribution is 2.16. The van der Waals surface area contributed by atoms with Gasteiger partial charge in [-0.3, -0.25) is 4.79 Å². The Morgan fingerprint density at radius 2 is 2.05 bits per heavy atom. The Morgan fingerprint density at radius 3 is 2.86 bits per heavy atom. The van der Waals surface area contributed by atoms with Crippen molar-refractivity contribution in [2.75, 3.05) is 0 Å². The van der Waals surface area contributed by atoms with Gasteiger partial charge < -0.3 is 0 Å². The Bertz CT molecular complexity index is 820. The number of fused-ring (bicyclic) bond motifs is 1. The molecule has 0 atom stereocenters. The molecule has 0 radical (unpaired) electrons. The normalized spacial score (nSPS) is 11.1. The molecule has 5 nitrogen and oxygen atoms in total. The molecule has 0 saturated carbocycles. The molecule has 0 fully saturated rings. The minimum atomic E-state index is -0.293. The van der Waals surface area contributed by atoms with Gasteiger partial charge in [-0.1, -0.05) is 47.0 Å². The molecule has 3 rings (SSSR count). The first-order valence-corrected chi connectivity index (χ1v) is 7.13. The van der Waals surface area contributed by atoms with Crippen molar-refractivity contribution in [3.63, 3.8) is 0 Å². The fraction of sp³-hybridized carbons (Fsp3) is 0.0667. The van der Waals surface area contributed by atoms with Gasteiger partial charge in [-0.15, -0.1) is 5.10 Å². The molecule has 0 aliphatic carbocycles. The van der Waals surface area contributed by atoms with Crippen LogP contribution in [-0.2, 0) is 0 Å². The average molecular weight is 296 g/mol. The van der Waals surface area contributed by atoms with Gasteiger partial charge in [0.25, 0.3) is 5.91 Å². The number of hydrazone groups is 1. The second kappa shape index (κ2) is 5.80. The van der Waals surface area contributed by atoms with Gasteiger partial charge in [-0.05, 0) is 29.2 Å². The Labute approximate surface area is 125 Å². The maximum Gasteiger partial charge on any atom is 0.285 e. The van der Waals surface area contributed by atoms with E-state index in [9.17, 15) is 4.79 Å². The molecule has 21 heavy (non-hydrogen) atoms. The van der Waals surface area contributed by atoms with Gasteiger partial charge in [0.05, 0.1) is 11.9 Å². The lowest BCUT2D eigenvalue weighted by Crippen LogP contribution is -2.17. The second-order valence-corrected chi connectivity index (χ2v) is 5.21. The molecule has 104 valence electrons. The second-order valence-electron chi connectivity index (χ2n) is 4.45. The lowest BCUT2D eigenvalue weighted by atomic mass is 10.1. The topological polar surface area (TPSA) is 67.2 Å². The quantitative estimate of drug-likeness (QED) is 0.597. The zero-order valence-electron chi connectivity index (χ0n) is 11.3. The van der Waals surface area contributed by atoms with Crippen LogP contribution in [0.3, 0.4) is 0 Å². The van der Waals surface area contributed by atoms with E-state index in [0.29, 0.717) is 10.6 Å². The molecule has 0 unspecified atom stereocenters. The van der Waals surface area contributed by atoms with Crippen LogP contribution in [0.25, 0.3) is 10.8 Å². The summed E-state index contributed by atoms with van der Waals surface area (Å²) < 4.78 is 3.73. The number of nitrogens with one attached hydrogen (secondary N) is 1. The summed E-state index contributed by atoms with van der Waals surface area (Å²) in [6.07, 6.45) is 1.64. The standard InChI is InChI=1S/C15H12N4OS/c1-10-14(21-19-17-10)15(20)18-16-9-12-7-4-6-11-5-2-3-8-13(11)12/h2-9H,1H3,(H,18,20)/b16-9+. The molecule has 1 aromatic heterocycles. The molecular weight excluding hydrogens is 284 g/mol. The van der Waals surface area contributed by atoms with E-state index in [1.807, 2.05) is 42.5 Å². The van der Waals surface area contributed by atoms with Gasteiger partial charge >= 0.3 is 0 Å². The number of benzene rings is 2. The summed E-state index contributed by atoms with van der Waals surface area (Å²) in [5.41, 5.74) is 4.06. The number of hydrogen-bond donors (Lipinski definition) is 1. The zero-order valence-corrected chi connectivity index (χ0v) is 12.1. The minimum absolute atomic E-state index is 0.293. The SMILES string of the molecule is Cc1nnsc1C(=O)N/N=C/c1cccc2ccccc12. The lowest BCUT2D eigenvalue weighted by Gasteiger charge is -2.01. The van der Waals surface area contributed by atoms with Gasteiger partial charge in [0.15, 0.2) is 0 Å². The molecule has 2 aromatic carbocycles. The van der Waals surface area contributed by atoms with Gasteiger partial charge in [-0.25, -0.2) is 5.43 Å². The number of rotatable bonds is 3. The first kappa shape index (κ1) is 13.4. The van der Waals surface area contributed by atoms with Gasteiger partial charge in [0, 0.05) is 5.56 Å². The molecule has 0 aliphatic rings. The summed E-state index contributed by atoms with van der Waals surface area (Å²) >= 11 is 1.06.